The molecule has 0 heterocycles. The van der Waals surface area contributed by atoms with Crippen LogP contribution in [0.1, 0.15) is 52.9 Å². The van der Waals surface area contributed by atoms with Gasteiger partial charge in [0.25, 0.3) is 0 Å². The second-order valence-electron chi connectivity index (χ2n) is 8.32. The van der Waals surface area contributed by atoms with Crippen molar-refractivity contribution in [2.24, 2.45) is 5.11 Å². The van der Waals surface area contributed by atoms with Gasteiger partial charge in [0.1, 0.15) is 5.60 Å². The number of aliphatic carboxylic acids is 1. The number of carbonyl (C=O) groups excluding carboxylic acids is 1. The van der Waals surface area contributed by atoms with Crippen molar-refractivity contribution in [1.82, 2.24) is 4.90 Å². The normalized spacial score (nSPS) is 18.8. The second kappa shape index (κ2) is 14.9. The number of carboxylic acids is 1. The van der Waals surface area contributed by atoms with Crippen molar-refractivity contribution in [2.45, 2.75) is 70.6 Å². The van der Waals surface area contributed by atoms with Crippen molar-refractivity contribution in [3.05, 3.63) is 10.4 Å². The molecule has 0 aromatic heterocycles. The molecule has 178 valence electrons. The zero-order chi connectivity index (χ0) is 23.1. The Kier molecular flexibility index (Phi) is 12.9. The smallest absolute Gasteiger partial charge is 0.410 e. The standard InChI is InChI=1S/C20H36N4O7/c1-20(2,3)31-19(27)24(17-6-4-16(5-7-17)22-23-21)9-11-29-13-15-30-14-12-28-10-8-18(25)26/h16-17H,4-15H2,1-3H3,(H,25,26)/t16-,17+. The molecule has 31 heavy (non-hydrogen) atoms. The first kappa shape index (κ1) is 27.0. The molecule has 1 amide bonds. The van der Waals surface area contributed by atoms with Crippen molar-refractivity contribution in [2.75, 3.05) is 46.2 Å². The maximum absolute atomic E-state index is 12.7. The van der Waals surface area contributed by atoms with Gasteiger partial charge in [0.05, 0.1) is 46.1 Å². The Labute approximate surface area is 183 Å². The van der Waals surface area contributed by atoms with Crippen molar-refractivity contribution >= 4 is 12.1 Å². The van der Waals surface area contributed by atoms with Gasteiger partial charge in [0.2, 0.25) is 0 Å². The molecule has 11 heteroatoms. The lowest BCUT2D eigenvalue weighted by atomic mass is 9.91. The number of carbonyl (C=O) groups is 2. The highest BCUT2D eigenvalue weighted by Gasteiger charge is 2.31. The lowest BCUT2D eigenvalue weighted by Crippen LogP contribution is -2.46. The molecule has 0 saturated heterocycles. The summed E-state index contributed by atoms with van der Waals surface area (Å²) in [5.74, 6) is -0.890. The Morgan fingerprint density at radius 1 is 1.00 bits per heavy atom. The van der Waals surface area contributed by atoms with Gasteiger partial charge in [0, 0.05) is 23.5 Å². The molecule has 1 aliphatic carbocycles. The SMILES string of the molecule is CC(C)(C)OC(=O)N(CCOCCOCCOCCC(=O)O)[C@H]1CC[C@@H](N=[N+]=[N-])CC1. The summed E-state index contributed by atoms with van der Waals surface area (Å²) in [6.45, 7) is 7.88. The van der Waals surface area contributed by atoms with Gasteiger partial charge in [-0.1, -0.05) is 5.11 Å². The minimum atomic E-state index is -0.890. The van der Waals surface area contributed by atoms with E-state index in [1.165, 1.54) is 0 Å². The Morgan fingerprint density at radius 3 is 2.06 bits per heavy atom. The van der Waals surface area contributed by atoms with Crippen LogP contribution in [0.3, 0.4) is 0 Å². The second-order valence-corrected chi connectivity index (χ2v) is 8.32. The molecule has 1 aliphatic rings. The van der Waals surface area contributed by atoms with Gasteiger partial charge in [0.15, 0.2) is 0 Å². The molecule has 0 unspecified atom stereocenters. The summed E-state index contributed by atoms with van der Waals surface area (Å²) >= 11 is 0. The van der Waals surface area contributed by atoms with Crippen molar-refractivity contribution in [3.8, 4) is 0 Å². The van der Waals surface area contributed by atoms with Gasteiger partial charge in [-0.15, -0.1) is 0 Å². The van der Waals surface area contributed by atoms with Gasteiger partial charge >= 0.3 is 12.1 Å². The van der Waals surface area contributed by atoms with E-state index in [9.17, 15) is 9.59 Å². The summed E-state index contributed by atoms with van der Waals surface area (Å²) in [6.07, 6.45) is 2.62. The van der Waals surface area contributed by atoms with E-state index >= 15 is 0 Å². The van der Waals surface area contributed by atoms with E-state index in [2.05, 4.69) is 10.0 Å². The summed E-state index contributed by atoms with van der Waals surface area (Å²) in [4.78, 5) is 27.6. The lowest BCUT2D eigenvalue weighted by molar-refractivity contribution is -0.138. The first-order valence-electron chi connectivity index (χ1n) is 10.7. The molecule has 11 nitrogen and oxygen atoms in total. The Hall–Kier alpha value is -2.07. The Bertz CT molecular complexity index is 583. The van der Waals surface area contributed by atoms with E-state index in [1.807, 2.05) is 20.8 Å². The first-order chi connectivity index (χ1) is 14.7. The highest BCUT2D eigenvalue weighted by Crippen LogP contribution is 2.26. The molecular formula is C20H36N4O7. The number of ether oxygens (including phenoxy) is 4. The van der Waals surface area contributed by atoms with Crippen LogP contribution in [0, 0.1) is 0 Å². The molecule has 1 rings (SSSR count). The van der Waals surface area contributed by atoms with E-state index in [-0.39, 0.29) is 31.2 Å². The van der Waals surface area contributed by atoms with Crippen LogP contribution >= 0.6 is 0 Å². The van der Waals surface area contributed by atoms with Crippen LogP contribution < -0.4 is 0 Å². The maximum Gasteiger partial charge on any atom is 0.410 e. The molecule has 0 spiro atoms. The summed E-state index contributed by atoms with van der Waals surface area (Å²) < 4.78 is 21.7. The number of amides is 1. The van der Waals surface area contributed by atoms with Crippen molar-refractivity contribution in [3.63, 3.8) is 0 Å². The topological polar surface area (TPSA) is 143 Å². The highest BCUT2D eigenvalue weighted by molar-refractivity contribution is 5.68. The molecule has 1 saturated carbocycles. The fraction of sp³-hybridized carbons (Fsp3) is 0.900. The maximum atomic E-state index is 12.7. The fourth-order valence-electron chi connectivity index (χ4n) is 3.17. The molecule has 0 aromatic rings. The minimum Gasteiger partial charge on any atom is -0.481 e. The van der Waals surface area contributed by atoms with Gasteiger partial charge in [-0.2, -0.15) is 0 Å². The van der Waals surface area contributed by atoms with E-state index < -0.39 is 11.6 Å². The highest BCUT2D eigenvalue weighted by atomic mass is 16.6. The third-order valence-electron chi connectivity index (χ3n) is 4.63. The summed E-state index contributed by atoms with van der Waals surface area (Å²) in [5.41, 5.74) is 8.02. The van der Waals surface area contributed by atoms with Crippen molar-refractivity contribution < 1.29 is 33.6 Å². The number of hydrogen-bond donors (Lipinski definition) is 1. The van der Waals surface area contributed by atoms with Gasteiger partial charge in [-0.05, 0) is 52.0 Å². The molecule has 0 bridgehead atoms. The molecule has 0 aromatic carbocycles. The molecular weight excluding hydrogens is 408 g/mol. The third-order valence-corrected chi connectivity index (χ3v) is 4.63. The molecule has 0 radical (unpaired) electrons. The average Bonchev–Trinajstić information content (AvgIpc) is 2.68. The third kappa shape index (κ3) is 13.1. The monoisotopic (exact) mass is 444 g/mol. The first-order valence-corrected chi connectivity index (χ1v) is 10.7. The summed E-state index contributed by atoms with van der Waals surface area (Å²) in [7, 11) is 0. The number of nitrogens with zero attached hydrogens (tertiary/aromatic N) is 4. The van der Waals surface area contributed by atoms with Gasteiger partial charge < -0.3 is 29.0 Å². The Morgan fingerprint density at radius 2 is 1.55 bits per heavy atom. The number of rotatable bonds is 14. The predicted molar refractivity (Wildman–Crippen MR) is 113 cm³/mol. The Balaban J connectivity index is 2.31. The average molecular weight is 445 g/mol. The summed E-state index contributed by atoms with van der Waals surface area (Å²) in [5, 5.41) is 12.3. The minimum absolute atomic E-state index is 0.0109. The van der Waals surface area contributed by atoms with Crippen LogP contribution in [-0.2, 0) is 23.7 Å². The number of azide groups is 1. The van der Waals surface area contributed by atoms with Crippen LogP contribution in [0.25, 0.3) is 10.4 Å². The van der Waals surface area contributed by atoms with E-state index in [1.54, 1.807) is 4.90 Å². The van der Waals surface area contributed by atoms with Crippen LogP contribution in [-0.4, -0.2) is 85.9 Å². The van der Waals surface area contributed by atoms with Crippen molar-refractivity contribution in [1.29, 1.82) is 0 Å². The molecule has 1 N–H and O–H groups in total. The van der Waals surface area contributed by atoms with Gasteiger partial charge in [-0.3, -0.25) is 4.79 Å². The van der Waals surface area contributed by atoms with Crippen LogP contribution in [0.15, 0.2) is 5.11 Å². The molecule has 0 aliphatic heterocycles. The number of hydrogen-bond acceptors (Lipinski definition) is 7. The molecule has 0 atom stereocenters. The predicted octanol–water partition coefficient (Wildman–Crippen LogP) is 3.37. The van der Waals surface area contributed by atoms with E-state index in [0.29, 0.717) is 39.6 Å². The van der Waals surface area contributed by atoms with Crippen LogP contribution in [0.4, 0.5) is 4.79 Å². The molecule has 1 fully saturated rings. The van der Waals surface area contributed by atoms with E-state index in [0.717, 1.165) is 25.7 Å². The van der Waals surface area contributed by atoms with Crippen LogP contribution in [0.2, 0.25) is 0 Å². The van der Waals surface area contributed by atoms with E-state index in [4.69, 9.17) is 29.6 Å². The quantitative estimate of drug-likeness (QED) is 0.187. The summed E-state index contributed by atoms with van der Waals surface area (Å²) in [6, 6.07) is 0.0195. The zero-order valence-electron chi connectivity index (χ0n) is 18.8. The van der Waals surface area contributed by atoms with Crippen LogP contribution in [0.5, 0.6) is 0 Å². The van der Waals surface area contributed by atoms with Gasteiger partial charge in [-0.25, -0.2) is 4.79 Å². The lowest BCUT2D eigenvalue weighted by Gasteiger charge is -2.36. The zero-order valence-corrected chi connectivity index (χ0v) is 18.8. The largest absolute Gasteiger partial charge is 0.481 e. The number of carboxylic acid groups (broad SMARTS) is 1. The fourth-order valence-corrected chi connectivity index (χ4v) is 3.17.